The number of carbonyl (C=O) groups excluding carboxylic acids is 3. The van der Waals surface area contributed by atoms with Crippen LogP contribution in [0.1, 0.15) is 32.6 Å². The first-order valence-electron chi connectivity index (χ1n) is 8.09. The highest BCUT2D eigenvalue weighted by atomic mass is 16.2. The second-order valence-electron chi connectivity index (χ2n) is 4.89. The van der Waals surface area contributed by atoms with Crippen LogP contribution in [-0.2, 0) is 0 Å². The van der Waals surface area contributed by atoms with Crippen LogP contribution < -0.4 is 31.9 Å². The molecule has 0 aliphatic carbocycles. The maximum Gasteiger partial charge on any atom is 0.314 e. The second-order valence-corrected chi connectivity index (χ2v) is 4.89. The number of urea groups is 3. The van der Waals surface area contributed by atoms with Gasteiger partial charge >= 0.3 is 18.1 Å². The van der Waals surface area contributed by atoms with E-state index in [-0.39, 0.29) is 18.1 Å². The predicted molar refractivity (Wildman–Crippen MR) is 89.4 cm³/mol. The largest absolute Gasteiger partial charge is 0.341 e. The van der Waals surface area contributed by atoms with Gasteiger partial charge in [0.1, 0.15) is 0 Å². The van der Waals surface area contributed by atoms with Gasteiger partial charge in [0.2, 0.25) is 0 Å². The lowest BCUT2D eigenvalue weighted by atomic mass is 10.3. The molecule has 0 radical (unpaired) electrons. The molecule has 134 valence electrons. The van der Waals surface area contributed by atoms with Crippen LogP contribution in [0.15, 0.2) is 0 Å². The van der Waals surface area contributed by atoms with Gasteiger partial charge in [-0.15, -0.1) is 0 Å². The number of amides is 6. The molecule has 0 heterocycles. The summed E-state index contributed by atoms with van der Waals surface area (Å²) < 4.78 is 0. The van der Waals surface area contributed by atoms with Gasteiger partial charge < -0.3 is 31.9 Å². The molecule has 0 aliphatic heterocycles. The van der Waals surface area contributed by atoms with Crippen LogP contribution in [0.4, 0.5) is 14.4 Å². The van der Waals surface area contributed by atoms with Gasteiger partial charge in [0.15, 0.2) is 0 Å². The molecule has 0 bridgehead atoms. The first-order valence-corrected chi connectivity index (χ1v) is 8.09. The lowest BCUT2D eigenvalue weighted by Crippen LogP contribution is -2.38. The van der Waals surface area contributed by atoms with Crippen LogP contribution in [0, 0.1) is 0 Å². The average Bonchev–Trinajstić information content (AvgIpc) is 2.53. The van der Waals surface area contributed by atoms with E-state index in [1.807, 2.05) is 6.92 Å². The quantitative estimate of drug-likeness (QED) is 0.301. The summed E-state index contributed by atoms with van der Waals surface area (Å²) in [6.45, 7) is 4.78. The molecule has 23 heavy (non-hydrogen) atoms. The van der Waals surface area contributed by atoms with Crippen LogP contribution in [-0.4, -0.2) is 57.9 Å². The molecule has 6 amide bonds. The molecule has 0 spiro atoms. The van der Waals surface area contributed by atoms with Crippen LogP contribution in [0.5, 0.6) is 0 Å². The van der Waals surface area contributed by atoms with E-state index >= 15 is 0 Å². The molecule has 9 nitrogen and oxygen atoms in total. The van der Waals surface area contributed by atoms with Crippen LogP contribution in [0.25, 0.3) is 0 Å². The summed E-state index contributed by atoms with van der Waals surface area (Å²) >= 11 is 0. The van der Waals surface area contributed by atoms with E-state index in [1.165, 1.54) is 0 Å². The van der Waals surface area contributed by atoms with Gasteiger partial charge in [-0.1, -0.05) is 0 Å². The Morgan fingerprint density at radius 1 is 0.609 bits per heavy atom. The Labute approximate surface area is 137 Å². The maximum absolute atomic E-state index is 11.5. The van der Waals surface area contributed by atoms with Crippen molar-refractivity contribution in [2.24, 2.45) is 0 Å². The lowest BCUT2D eigenvalue weighted by molar-refractivity contribution is 0.238. The van der Waals surface area contributed by atoms with E-state index in [2.05, 4.69) is 31.9 Å². The Hall–Kier alpha value is -2.19. The third kappa shape index (κ3) is 14.5. The standard InChI is InChI=1S/C14H30N6O3/c1-3-16-13(22)18-9-6-7-11-20-14(23)19-10-5-4-8-17-12(21)15-2/h3-11H2,1-2H3,(H2,15,17,21)(H2,16,18,22)(H2,19,20,23). The van der Waals surface area contributed by atoms with Crippen molar-refractivity contribution in [1.82, 2.24) is 31.9 Å². The average molecular weight is 330 g/mol. The monoisotopic (exact) mass is 330 g/mol. The molecule has 0 atom stereocenters. The zero-order chi connectivity index (χ0) is 17.3. The highest BCUT2D eigenvalue weighted by Crippen LogP contribution is 1.86. The molecular formula is C14H30N6O3. The molecule has 0 saturated carbocycles. The van der Waals surface area contributed by atoms with Gasteiger partial charge in [-0.05, 0) is 32.6 Å². The highest BCUT2D eigenvalue weighted by Gasteiger charge is 2.00. The smallest absolute Gasteiger partial charge is 0.314 e. The van der Waals surface area contributed by atoms with Crippen LogP contribution in [0.3, 0.4) is 0 Å². The Morgan fingerprint density at radius 2 is 0.957 bits per heavy atom. The second kappa shape index (κ2) is 14.7. The number of nitrogens with one attached hydrogen (secondary N) is 6. The third-order valence-electron chi connectivity index (χ3n) is 2.91. The first-order chi connectivity index (χ1) is 11.1. The van der Waals surface area contributed by atoms with Crippen molar-refractivity contribution in [3.8, 4) is 0 Å². The molecule has 0 aliphatic rings. The molecule has 0 saturated heterocycles. The molecule has 0 aromatic heterocycles. The Balaban J connectivity index is 3.31. The summed E-state index contributed by atoms with van der Waals surface area (Å²) in [5.41, 5.74) is 0. The minimum Gasteiger partial charge on any atom is -0.341 e. The summed E-state index contributed by atoms with van der Waals surface area (Å²) in [5, 5.41) is 16.0. The maximum atomic E-state index is 11.5. The molecule has 0 rings (SSSR count). The van der Waals surface area contributed by atoms with Crippen LogP contribution >= 0.6 is 0 Å². The van der Waals surface area contributed by atoms with Crippen molar-refractivity contribution < 1.29 is 14.4 Å². The minimum atomic E-state index is -0.197. The van der Waals surface area contributed by atoms with E-state index in [4.69, 9.17) is 0 Å². The Bertz CT molecular complexity index is 351. The fourth-order valence-corrected chi connectivity index (χ4v) is 1.68. The summed E-state index contributed by atoms with van der Waals surface area (Å²) in [7, 11) is 1.57. The van der Waals surface area contributed by atoms with Crippen molar-refractivity contribution >= 4 is 18.1 Å². The van der Waals surface area contributed by atoms with Gasteiger partial charge in [0.05, 0.1) is 0 Å². The summed E-state index contributed by atoms with van der Waals surface area (Å²) in [5.74, 6) is 0. The summed E-state index contributed by atoms with van der Waals surface area (Å²) in [4.78, 5) is 33.5. The van der Waals surface area contributed by atoms with E-state index < -0.39 is 0 Å². The topological polar surface area (TPSA) is 123 Å². The summed E-state index contributed by atoms with van der Waals surface area (Å²) in [6.07, 6.45) is 3.21. The molecule has 0 unspecified atom stereocenters. The van der Waals surface area contributed by atoms with Crippen molar-refractivity contribution in [3.05, 3.63) is 0 Å². The van der Waals surface area contributed by atoms with Gasteiger partial charge in [0.25, 0.3) is 0 Å². The Kier molecular flexibility index (Phi) is 13.3. The molecular weight excluding hydrogens is 300 g/mol. The number of hydrogen-bond acceptors (Lipinski definition) is 3. The number of hydrogen-bond donors (Lipinski definition) is 6. The van der Waals surface area contributed by atoms with Gasteiger partial charge in [0, 0.05) is 39.8 Å². The van der Waals surface area contributed by atoms with E-state index in [1.54, 1.807) is 7.05 Å². The number of carbonyl (C=O) groups is 3. The predicted octanol–water partition coefficient (Wildman–Crippen LogP) is 0.0941. The molecule has 0 fully saturated rings. The van der Waals surface area contributed by atoms with Crippen molar-refractivity contribution in [2.75, 3.05) is 39.8 Å². The summed E-state index contributed by atoms with van der Waals surface area (Å²) in [6, 6.07) is -0.553. The molecule has 9 heteroatoms. The Morgan fingerprint density at radius 3 is 1.30 bits per heavy atom. The normalized spacial score (nSPS) is 9.65. The zero-order valence-electron chi connectivity index (χ0n) is 14.1. The van der Waals surface area contributed by atoms with Crippen molar-refractivity contribution in [3.63, 3.8) is 0 Å². The SMILES string of the molecule is CCNC(=O)NCCCCNC(=O)NCCCCNC(=O)NC. The van der Waals surface area contributed by atoms with Gasteiger partial charge in [-0.3, -0.25) is 0 Å². The molecule has 0 aromatic rings. The first kappa shape index (κ1) is 20.8. The fourth-order valence-electron chi connectivity index (χ4n) is 1.68. The van der Waals surface area contributed by atoms with Crippen LogP contribution in [0.2, 0.25) is 0 Å². The van der Waals surface area contributed by atoms with E-state index in [0.717, 1.165) is 25.7 Å². The van der Waals surface area contributed by atoms with Gasteiger partial charge in [-0.2, -0.15) is 0 Å². The lowest BCUT2D eigenvalue weighted by Gasteiger charge is -2.08. The number of unbranched alkanes of at least 4 members (excludes halogenated alkanes) is 2. The minimum absolute atomic E-state index is 0.163. The third-order valence-corrected chi connectivity index (χ3v) is 2.91. The van der Waals surface area contributed by atoms with E-state index in [0.29, 0.717) is 32.7 Å². The highest BCUT2D eigenvalue weighted by molar-refractivity contribution is 5.74. The number of rotatable bonds is 11. The van der Waals surface area contributed by atoms with Crippen molar-refractivity contribution in [2.45, 2.75) is 32.6 Å². The molecule has 6 N–H and O–H groups in total. The fraction of sp³-hybridized carbons (Fsp3) is 0.786. The van der Waals surface area contributed by atoms with Crippen molar-refractivity contribution in [1.29, 1.82) is 0 Å². The molecule has 0 aromatic carbocycles. The zero-order valence-corrected chi connectivity index (χ0v) is 14.1. The van der Waals surface area contributed by atoms with E-state index in [9.17, 15) is 14.4 Å². The van der Waals surface area contributed by atoms with Gasteiger partial charge in [-0.25, -0.2) is 14.4 Å².